The monoisotopic (exact) mass is 318 g/mol. The number of hydrogen-bond acceptors (Lipinski definition) is 5. The van der Waals surface area contributed by atoms with Gasteiger partial charge in [-0.05, 0) is 17.7 Å². The number of benzene rings is 1. The Bertz CT molecular complexity index is 650. The first-order chi connectivity index (χ1) is 11.1. The maximum atomic E-state index is 11.7. The first-order valence-electron chi connectivity index (χ1n) is 6.80. The molecule has 1 heterocycles. The molecule has 1 N–H and O–H groups in total. The van der Waals surface area contributed by atoms with E-state index in [1.807, 2.05) is 0 Å². The van der Waals surface area contributed by atoms with Crippen LogP contribution in [0.2, 0.25) is 0 Å². The second kappa shape index (κ2) is 7.35. The summed E-state index contributed by atoms with van der Waals surface area (Å²) in [5.74, 6) is 1.19. The van der Waals surface area contributed by atoms with Crippen LogP contribution in [0.3, 0.4) is 0 Å². The molecule has 7 nitrogen and oxygen atoms in total. The van der Waals surface area contributed by atoms with Crippen molar-refractivity contribution in [3.05, 3.63) is 42.2 Å². The van der Waals surface area contributed by atoms with Gasteiger partial charge >= 0.3 is 6.09 Å². The van der Waals surface area contributed by atoms with Gasteiger partial charge in [0.1, 0.15) is 0 Å². The van der Waals surface area contributed by atoms with E-state index in [0.29, 0.717) is 22.9 Å². The number of hydrogen-bond donors (Lipinski definition) is 1. The number of aromatic nitrogens is 1. The van der Waals surface area contributed by atoms with Crippen molar-refractivity contribution >= 4 is 11.8 Å². The predicted molar refractivity (Wildman–Crippen MR) is 84.5 cm³/mol. The number of methoxy groups -OCH3 is 3. The van der Waals surface area contributed by atoms with Crippen LogP contribution in [-0.4, -0.2) is 37.5 Å². The number of anilines is 1. The predicted octanol–water partition coefficient (Wildman–Crippen LogP) is 2.79. The molecule has 0 aliphatic carbocycles. The second-order valence-electron chi connectivity index (χ2n) is 4.61. The van der Waals surface area contributed by atoms with Crippen LogP contribution in [0.25, 0.3) is 0 Å². The van der Waals surface area contributed by atoms with Gasteiger partial charge in [-0.2, -0.15) is 0 Å². The molecule has 122 valence electrons. The molecule has 0 bridgehead atoms. The smallest absolute Gasteiger partial charge is 0.412 e. The first kappa shape index (κ1) is 16.4. The highest BCUT2D eigenvalue weighted by molar-refractivity contribution is 5.87. The largest absolute Gasteiger partial charge is 0.493 e. The van der Waals surface area contributed by atoms with E-state index in [1.54, 1.807) is 36.7 Å². The lowest BCUT2D eigenvalue weighted by Gasteiger charge is -2.22. The first-order valence-corrected chi connectivity index (χ1v) is 6.80. The average Bonchev–Trinajstić information content (AvgIpc) is 2.58. The Hall–Kier alpha value is -2.96. The van der Waals surface area contributed by atoms with E-state index < -0.39 is 6.09 Å². The van der Waals surface area contributed by atoms with Crippen molar-refractivity contribution in [2.45, 2.75) is 6.54 Å². The van der Waals surface area contributed by atoms with Crippen molar-refractivity contribution in [3.63, 3.8) is 0 Å². The molecule has 0 aliphatic heterocycles. The van der Waals surface area contributed by atoms with E-state index in [2.05, 4.69) is 4.98 Å². The molecule has 2 rings (SSSR count). The molecule has 0 aliphatic rings. The fourth-order valence-electron chi connectivity index (χ4n) is 2.16. The molecule has 0 radical (unpaired) electrons. The number of carboxylic acid groups (broad SMARTS) is 1. The van der Waals surface area contributed by atoms with Crippen molar-refractivity contribution in [1.82, 2.24) is 4.98 Å². The van der Waals surface area contributed by atoms with Gasteiger partial charge in [-0.3, -0.25) is 9.88 Å². The summed E-state index contributed by atoms with van der Waals surface area (Å²) in [7, 11) is 4.45. The zero-order valence-corrected chi connectivity index (χ0v) is 13.1. The molecule has 0 saturated carbocycles. The Morgan fingerprint density at radius 1 is 1.09 bits per heavy atom. The van der Waals surface area contributed by atoms with Crippen LogP contribution in [0.15, 0.2) is 36.7 Å². The maximum Gasteiger partial charge on any atom is 0.412 e. The minimum Gasteiger partial charge on any atom is -0.493 e. The van der Waals surface area contributed by atoms with Crippen molar-refractivity contribution < 1.29 is 24.1 Å². The Morgan fingerprint density at radius 3 is 2.09 bits per heavy atom. The molecule has 0 atom stereocenters. The Labute approximate surface area is 134 Å². The molecule has 1 amide bonds. The van der Waals surface area contributed by atoms with E-state index in [-0.39, 0.29) is 6.54 Å². The molecule has 0 spiro atoms. The lowest BCUT2D eigenvalue weighted by Crippen LogP contribution is -2.28. The van der Waals surface area contributed by atoms with Gasteiger partial charge in [-0.15, -0.1) is 0 Å². The third-order valence-electron chi connectivity index (χ3n) is 3.28. The molecule has 1 aromatic carbocycles. The minimum absolute atomic E-state index is 0.177. The lowest BCUT2D eigenvalue weighted by molar-refractivity contribution is 0.201. The second-order valence-corrected chi connectivity index (χ2v) is 4.61. The third-order valence-corrected chi connectivity index (χ3v) is 3.28. The van der Waals surface area contributed by atoms with Crippen molar-refractivity contribution in [3.8, 4) is 17.2 Å². The molecular formula is C16H18N2O5. The summed E-state index contributed by atoms with van der Waals surface area (Å²) in [5, 5.41) is 9.54. The average molecular weight is 318 g/mol. The Balaban J connectivity index is 2.45. The molecule has 0 unspecified atom stereocenters. The highest BCUT2D eigenvalue weighted by Gasteiger charge is 2.20. The molecule has 0 fully saturated rings. The topological polar surface area (TPSA) is 81.1 Å². The van der Waals surface area contributed by atoms with Gasteiger partial charge in [0.25, 0.3) is 0 Å². The van der Waals surface area contributed by atoms with Crippen molar-refractivity contribution in [2.75, 3.05) is 26.2 Å². The van der Waals surface area contributed by atoms with Gasteiger partial charge in [-0.1, -0.05) is 0 Å². The van der Waals surface area contributed by atoms with Gasteiger partial charge in [0.05, 0.1) is 33.6 Å². The third kappa shape index (κ3) is 3.63. The summed E-state index contributed by atoms with van der Waals surface area (Å²) in [5.41, 5.74) is 1.24. The van der Waals surface area contributed by atoms with E-state index in [9.17, 15) is 9.90 Å². The Kier molecular flexibility index (Phi) is 5.24. The number of amides is 1. The maximum absolute atomic E-state index is 11.7. The summed E-state index contributed by atoms with van der Waals surface area (Å²) < 4.78 is 15.8. The highest BCUT2D eigenvalue weighted by atomic mass is 16.5. The van der Waals surface area contributed by atoms with Crippen molar-refractivity contribution in [2.24, 2.45) is 0 Å². The molecule has 1 aromatic heterocycles. The minimum atomic E-state index is -1.09. The van der Waals surface area contributed by atoms with E-state index in [0.717, 1.165) is 5.56 Å². The summed E-state index contributed by atoms with van der Waals surface area (Å²) in [6.07, 6.45) is 2.14. The quantitative estimate of drug-likeness (QED) is 0.882. The van der Waals surface area contributed by atoms with Gasteiger partial charge in [0, 0.05) is 24.5 Å². The van der Waals surface area contributed by atoms with Crippen LogP contribution >= 0.6 is 0 Å². The van der Waals surface area contributed by atoms with Crippen LogP contribution < -0.4 is 19.1 Å². The molecule has 0 saturated heterocycles. The summed E-state index contributed by atoms with van der Waals surface area (Å²) in [4.78, 5) is 16.8. The normalized spacial score (nSPS) is 10.0. The highest BCUT2D eigenvalue weighted by Crippen LogP contribution is 2.41. The van der Waals surface area contributed by atoms with Crippen LogP contribution in [0, 0.1) is 0 Å². The van der Waals surface area contributed by atoms with Crippen LogP contribution in [0.5, 0.6) is 17.2 Å². The standard InChI is InChI=1S/C16H18N2O5/c1-21-13-8-12(9-14(22-2)15(13)23-3)18(16(19)20)10-11-4-6-17-7-5-11/h4-9H,10H2,1-3H3,(H,19,20). The van der Waals surface area contributed by atoms with Gasteiger partial charge in [-0.25, -0.2) is 4.79 Å². The zero-order valence-electron chi connectivity index (χ0n) is 13.1. The van der Waals surface area contributed by atoms with E-state index in [4.69, 9.17) is 14.2 Å². The van der Waals surface area contributed by atoms with Gasteiger partial charge in [0.15, 0.2) is 11.5 Å². The molecule has 2 aromatic rings. The van der Waals surface area contributed by atoms with Crippen LogP contribution in [0.1, 0.15) is 5.56 Å². The zero-order chi connectivity index (χ0) is 16.8. The number of nitrogens with zero attached hydrogens (tertiary/aromatic N) is 2. The summed E-state index contributed by atoms with van der Waals surface area (Å²) in [6.45, 7) is 0.177. The molecule has 23 heavy (non-hydrogen) atoms. The fraction of sp³-hybridized carbons (Fsp3) is 0.250. The number of ether oxygens (including phenoxy) is 3. The van der Waals surface area contributed by atoms with E-state index in [1.165, 1.54) is 26.2 Å². The number of pyridine rings is 1. The number of rotatable bonds is 6. The van der Waals surface area contributed by atoms with Crippen molar-refractivity contribution in [1.29, 1.82) is 0 Å². The Morgan fingerprint density at radius 2 is 1.65 bits per heavy atom. The lowest BCUT2D eigenvalue weighted by atomic mass is 10.2. The van der Waals surface area contributed by atoms with Gasteiger partial charge < -0.3 is 19.3 Å². The molecular weight excluding hydrogens is 300 g/mol. The van der Waals surface area contributed by atoms with Crippen LogP contribution in [-0.2, 0) is 6.54 Å². The number of carbonyl (C=O) groups is 1. The molecule has 7 heteroatoms. The van der Waals surface area contributed by atoms with Crippen LogP contribution in [0.4, 0.5) is 10.5 Å². The van der Waals surface area contributed by atoms with Gasteiger partial charge in [0.2, 0.25) is 5.75 Å². The fourth-order valence-corrected chi connectivity index (χ4v) is 2.16. The SMILES string of the molecule is COc1cc(N(Cc2ccncc2)C(=O)O)cc(OC)c1OC. The summed E-state index contributed by atoms with van der Waals surface area (Å²) in [6, 6.07) is 6.70. The summed E-state index contributed by atoms with van der Waals surface area (Å²) >= 11 is 0. The van der Waals surface area contributed by atoms with E-state index >= 15 is 0 Å².